The summed E-state index contributed by atoms with van der Waals surface area (Å²) >= 11 is 1.12. The maximum atomic E-state index is 11.1. The third-order valence-corrected chi connectivity index (χ3v) is 3.60. The predicted octanol–water partition coefficient (Wildman–Crippen LogP) is 1.72. The van der Waals surface area contributed by atoms with Crippen molar-refractivity contribution in [3.8, 4) is 5.88 Å². The predicted molar refractivity (Wildman–Crippen MR) is 66.5 cm³/mol. The number of carbonyl (C=O) groups is 1. The molecule has 7 heteroatoms. The summed E-state index contributed by atoms with van der Waals surface area (Å²) < 4.78 is 10.4. The van der Waals surface area contributed by atoms with Crippen LogP contribution in [0.2, 0.25) is 0 Å². The fourth-order valence-electron chi connectivity index (χ4n) is 1.57. The summed E-state index contributed by atoms with van der Waals surface area (Å²) in [5.74, 6) is -0.559. The van der Waals surface area contributed by atoms with E-state index < -0.39 is 5.97 Å². The Bertz CT molecular complexity index is 582. The highest BCUT2D eigenvalue weighted by atomic mass is 32.1. The lowest BCUT2D eigenvalue weighted by Crippen LogP contribution is -2.06. The van der Waals surface area contributed by atoms with Crippen LogP contribution < -0.4 is 4.74 Å². The van der Waals surface area contributed by atoms with E-state index in [1.54, 1.807) is 14.0 Å². The number of aryl methyl sites for hydroxylation is 1. The lowest BCUT2D eigenvalue weighted by Gasteiger charge is -2.05. The van der Waals surface area contributed by atoms with Crippen molar-refractivity contribution in [3.63, 3.8) is 0 Å². The molecule has 0 spiro atoms. The molecule has 2 aromatic rings. The molecule has 0 fully saturated rings. The van der Waals surface area contributed by atoms with Crippen LogP contribution in [0, 0.1) is 6.92 Å². The number of thiophene rings is 1. The number of carboxylic acid groups (broad SMARTS) is 1. The number of hydrogen-bond donors (Lipinski definition) is 1. The fraction of sp³-hybridized carbons (Fsp3) is 0.364. The molecular weight excluding hydrogens is 256 g/mol. The van der Waals surface area contributed by atoms with Crippen molar-refractivity contribution in [2.24, 2.45) is 0 Å². The van der Waals surface area contributed by atoms with E-state index in [9.17, 15) is 4.79 Å². The van der Waals surface area contributed by atoms with Crippen LogP contribution in [0.1, 0.15) is 15.2 Å². The second-order valence-corrected chi connectivity index (χ2v) is 4.56. The van der Waals surface area contributed by atoms with Gasteiger partial charge >= 0.3 is 5.97 Å². The van der Waals surface area contributed by atoms with Crippen LogP contribution in [0.15, 0.2) is 6.33 Å². The van der Waals surface area contributed by atoms with Crippen LogP contribution in [-0.2, 0) is 4.74 Å². The monoisotopic (exact) mass is 268 g/mol. The third kappa shape index (κ3) is 2.27. The molecule has 2 rings (SSSR count). The van der Waals surface area contributed by atoms with E-state index in [0.717, 1.165) is 11.3 Å². The Balaban J connectivity index is 2.44. The van der Waals surface area contributed by atoms with Crippen molar-refractivity contribution in [2.45, 2.75) is 6.92 Å². The van der Waals surface area contributed by atoms with E-state index >= 15 is 0 Å². The first-order valence-corrected chi connectivity index (χ1v) is 6.06. The van der Waals surface area contributed by atoms with E-state index in [0.29, 0.717) is 34.9 Å². The van der Waals surface area contributed by atoms with Crippen LogP contribution in [0.25, 0.3) is 10.2 Å². The highest BCUT2D eigenvalue weighted by Gasteiger charge is 2.19. The number of aromatic nitrogens is 2. The minimum absolute atomic E-state index is 0.266. The molecule has 1 N–H and O–H groups in total. The molecule has 0 radical (unpaired) electrons. The fourth-order valence-corrected chi connectivity index (χ4v) is 2.55. The summed E-state index contributed by atoms with van der Waals surface area (Å²) in [5.41, 5.74) is 0.635. The molecule has 0 saturated heterocycles. The number of ether oxygens (including phenoxy) is 2. The van der Waals surface area contributed by atoms with Crippen LogP contribution >= 0.6 is 11.3 Å². The van der Waals surface area contributed by atoms with Crippen molar-refractivity contribution in [1.29, 1.82) is 0 Å². The van der Waals surface area contributed by atoms with E-state index in [4.69, 9.17) is 14.6 Å². The highest BCUT2D eigenvalue weighted by molar-refractivity contribution is 7.20. The van der Waals surface area contributed by atoms with Crippen molar-refractivity contribution >= 4 is 27.5 Å². The molecule has 0 aromatic carbocycles. The average Bonchev–Trinajstić information content (AvgIpc) is 2.68. The zero-order chi connectivity index (χ0) is 13.1. The molecule has 6 nitrogen and oxygen atoms in total. The van der Waals surface area contributed by atoms with E-state index in [1.807, 2.05) is 0 Å². The van der Waals surface area contributed by atoms with E-state index in [2.05, 4.69) is 9.97 Å². The van der Waals surface area contributed by atoms with Crippen LogP contribution in [0.4, 0.5) is 0 Å². The smallest absolute Gasteiger partial charge is 0.346 e. The van der Waals surface area contributed by atoms with Gasteiger partial charge in [0.1, 0.15) is 22.6 Å². The van der Waals surface area contributed by atoms with Gasteiger partial charge in [-0.15, -0.1) is 11.3 Å². The second kappa shape index (κ2) is 5.28. The molecule has 0 amide bonds. The van der Waals surface area contributed by atoms with Crippen molar-refractivity contribution in [3.05, 3.63) is 16.8 Å². The molecule has 96 valence electrons. The topological polar surface area (TPSA) is 81.5 Å². The van der Waals surface area contributed by atoms with Crippen molar-refractivity contribution in [2.75, 3.05) is 20.3 Å². The Hall–Kier alpha value is -1.73. The van der Waals surface area contributed by atoms with Gasteiger partial charge in [-0.25, -0.2) is 14.8 Å². The molecule has 0 saturated carbocycles. The molecule has 2 heterocycles. The lowest BCUT2D eigenvalue weighted by atomic mass is 10.2. The number of nitrogens with zero attached hydrogens (tertiary/aromatic N) is 2. The summed E-state index contributed by atoms with van der Waals surface area (Å²) in [7, 11) is 1.58. The molecule has 18 heavy (non-hydrogen) atoms. The van der Waals surface area contributed by atoms with Gasteiger partial charge in [-0.1, -0.05) is 0 Å². The van der Waals surface area contributed by atoms with E-state index in [1.165, 1.54) is 6.33 Å². The molecule has 0 atom stereocenters. The summed E-state index contributed by atoms with van der Waals surface area (Å²) in [4.78, 5) is 20.1. The SMILES string of the molecule is COCCOc1ncnc2sc(C(=O)O)c(C)c12. The largest absolute Gasteiger partial charge is 0.477 e. The molecule has 0 aliphatic rings. The molecule has 0 aliphatic heterocycles. The maximum Gasteiger partial charge on any atom is 0.346 e. The van der Waals surface area contributed by atoms with Gasteiger partial charge in [0.15, 0.2) is 0 Å². The molecule has 0 aliphatic carbocycles. The van der Waals surface area contributed by atoms with E-state index in [-0.39, 0.29) is 4.88 Å². The number of carboxylic acids is 1. The first-order chi connectivity index (χ1) is 8.65. The molecule has 2 aromatic heterocycles. The van der Waals surface area contributed by atoms with Gasteiger partial charge in [0.05, 0.1) is 12.0 Å². The summed E-state index contributed by atoms with van der Waals surface area (Å²) in [6.07, 6.45) is 1.37. The highest BCUT2D eigenvalue weighted by Crippen LogP contribution is 2.34. The molecule has 0 bridgehead atoms. The zero-order valence-corrected chi connectivity index (χ0v) is 10.8. The quantitative estimate of drug-likeness (QED) is 0.831. The Morgan fingerprint density at radius 2 is 2.22 bits per heavy atom. The number of aromatic carboxylic acids is 1. The van der Waals surface area contributed by atoms with Gasteiger partial charge in [-0.3, -0.25) is 0 Å². The number of hydrogen-bond acceptors (Lipinski definition) is 6. The first kappa shape index (κ1) is 12.7. The van der Waals surface area contributed by atoms with Crippen LogP contribution in [-0.4, -0.2) is 41.4 Å². The minimum atomic E-state index is -0.960. The standard InChI is InChI=1S/C11H12N2O4S/c1-6-7-9(17-4-3-16-2)12-5-13-10(7)18-8(6)11(14)15/h5H,3-4H2,1-2H3,(H,14,15). The van der Waals surface area contributed by atoms with Gasteiger partial charge in [0.2, 0.25) is 5.88 Å². The lowest BCUT2D eigenvalue weighted by molar-refractivity contribution is 0.0701. The Morgan fingerprint density at radius 1 is 1.44 bits per heavy atom. The number of fused-ring (bicyclic) bond motifs is 1. The average molecular weight is 268 g/mol. The third-order valence-electron chi connectivity index (χ3n) is 2.41. The maximum absolute atomic E-state index is 11.1. The zero-order valence-electron chi connectivity index (χ0n) is 9.97. The minimum Gasteiger partial charge on any atom is -0.477 e. The first-order valence-electron chi connectivity index (χ1n) is 5.24. The number of methoxy groups -OCH3 is 1. The van der Waals surface area contributed by atoms with Gasteiger partial charge in [0, 0.05) is 7.11 Å². The summed E-state index contributed by atoms with van der Waals surface area (Å²) in [5, 5.41) is 9.74. The van der Waals surface area contributed by atoms with Gasteiger partial charge < -0.3 is 14.6 Å². The summed E-state index contributed by atoms with van der Waals surface area (Å²) in [6.45, 7) is 2.54. The van der Waals surface area contributed by atoms with Crippen molar-refractivity contribution < 1.29 is 19.4 Å². The Labute approximate surface area is 107 Å². The van der Waals surface area contributed by atoms with Gasteiger partial charge in [-0.05, 0) is 12.5 Å². The van der Waals surface area contributed by atoms with Crippen LogP contribution in [0.3, 0.4) is 0 Å². The van der Waals surface area contributed by atoms with Gasteiger partial charge in [0.25, 0.3) is 0 Å². The molecular formula is C11H12N2O4S. The Kier molecular flexibility index (Phi) is 3.73. The Morgan fingerprint density at radius 3 is 2.89 bits per heavy atom. The second-order valence-electron chi connectivity index (χ2n) is 3.56. The van der Waals surface area contributed by atoms with Gasteiger partial charge in [-0.2, -0.15) is 0 Å². The van der Waals surface area contributed by atoms with Crippen LogP contribution in [0.5, 0.6) is 5.88 Å². The summed E-state index contributed by atoms with van der Waals surface area (Å²) in [6, 6.07) is 0. The molecule has 0 unspecified atom stereocenters. The van der Waals surface area contributed by atoms with Crippen molar-refractivity contribution in [1.82, 2.24) is 9.97 Å². The number of rotatable bonds is 5. The normalized spacial score (nSPS) is 10.8.